The lowest BCUT2D eigenvalue weighted by Crippen LogP contribution is -2.02. The molecule has 0 fully saturated rings. The van der Waals surface area contributed by atoms with E-state index in [1.807, 2.05) is 38.1 Å². The van der Waals surface area contributed by atoms with Gasteiger partial charge in [0.2, 0.25) is 5.78 Å². The molecule has 2 rings (SSSR count). The van der Waals surface area contributed by atoms with Gasteiger partial charge in [-0.05, 0) is 30.7 Å². The van der Waals surface area contributed by atoms with Crippen molar-refractivity contribution in [3.05, 3.63) is 57.5 Å². The lowest BCUT2D eigenvalue weighted by atomic mass is 10.0. The number of halogens is 1. The fourth-order valence-corrected chi connectivity index (χ4v) is 2.04. The largest absolute Gasteiger partial charge is 0.458 e. The van der Waals surface area contributed by atoms with Crippen LogP contribution in [-0.4, -0.2) is 5.78 Å². The molecule has 0 amide bonds. The normalized spacial score (nSPS) is 10.5. The Morgan fingerprint density at radius 2 is 2.06 bits per heavy atom. The topological polar surface area (TPSA) is 30.2 Å². The highest BCUT2D eigenvalue weighted by Gasteiger charge is 2.16. The van der Waals surface area contributed by atoms with Crippen molar-refractivity contribution in [1.29, 1.82) is 0 Å². The van der Waals surface area contributed by atoms with Crippen LogP contribution < -0.4 is 0 Å². The molecule has 2 nitrogen and oxygen atoms in total. The zero-order valence-electron chi connectivity index (χ0n) is 9.79. The number of benzene rings is 1. The molecule has 0 aliphatic carbocycles. The zero-order chi connectivity index (χ0) is 12.4. The first-order valence-electron chi connectivity index (χ1n) is 5.52. The lowest BCUT2D eigenvalue weighted by Gasteiger charge is -2.04. The van der Waals surface area contributed by atoms with Crippen molar-refractivity contribution < 1.29 is 9.21 Å². The van der Waals surface area contributed by atoms with Gasteiger partial charge in [-0.1, -0.05) is 35.0 Å². The van der Waals surface area contributed by atoms with Crippen LogP contribution in [0.5, 0.6) is 0 Å². The van der Waals surface area contributed by atoms with Crippen LogP contribution in [0.4, 0.5) is 0 Å². The fourth-order valence-electron chi connectivity index (χ4n) is 1.68. The molecule has 1 heterocycles. The minimum atomic E-state index is -0.0662. The maximum atomic E-state index is 12.2. The molecule has 3 heteroatoms. The van der Waals surface area contributed by atoms with E-state index in [1.165, 1.54) is 0 Å². The van der Waals surface area contributed by atoms with Gasteiger partial charge in [-0.25, -0.2) is 0 Å². The van der Waals surface area contributed by atoms with Crippen molar-refractivity contribution in [2.45, 2.75) is 20.3 Å². The van der Waals surface area contributed by atoms with Crippen molar-refractivity contribution in [1.82, 2.24) is 0 Å². The van der Waals surface area contributed by atoms with E-state index in [4.69, 9.17) is 4.42 Å². The summed E-state index contributed by atoms with van der Waals surface area (Å²) in [5.41, 5.74) is 1.61. The van der Waals surface area contributed by atoms with Gasteiger partial charge in [0.05, 0.1) is 0 Å². The minimum absolute atomic E-state index is 0.0662. The molecule has 0 bridgehead atoms. The van der Waals surface area contributed by atoms with Crippen LogP contribution in [0.25, 0.3) is 0 Å². The predicted octanol–water partition coefficient (Wildman–Crippen LogP) is 4.14. The van der Waals surface area contributed by atoms with E-state index in [2.05, 4.69) is 15.9 Å². The number of carbonyl (C=O) groups is 1. The summed E-state index contributed by atoms with van der Waals surface area (Å²) in [6, 6.07) is 9.18. The van der Waals surface area contributed by atoms with Crippen LogP contribution in [0.3, 0.4) is 0 Å². The smallest absolute Gasteiger partial charge is 0.228 e. The number of hydrogen-bond donors (Lipinski definition) is 0. The Labute approximate surface area is 109 Å². The highest BCUT2D eigenvalue weighted by molar-refractivity contribution is 9.10. The van der Waals surface area contributed by atoms with Gasteiger partial charge in [0, 0.05) is 16.5 Å². The Balaban J connectivity index is 2.40. The average molecular weight is 293 g/mol. The SMILES string of the molecule is CCc1ccc(C(=O)c2cccc(Br)c2C)o1. The van der Waals surface area contributed by atoms with E-state index in [1.54, 1.807) is 6.07 Å². The van der Waals surface area contributed by atoms with Crippen LogP contribution in [0.15, 0.2) is 39.2 Å². The number of aryl methyl sites for hydroxylation is 1. The maximum Gasteiger partial charge on any atom is 0.228 e. The van der Waals surface area contributed by atoms with Crippen molar-refractivity contribution in [2.24, 2.45) is 0 Å². The number of furan rings is 1. The Hall–Kier alpha value is -1.35. The third-order valence-corrected chi connectivity index (χ3v) is 3.61. The maximum absolute atomic E-state index is 12.2. The molecule has 0 saturated heterocycles. The van der Waals surface area contributed by atoms with Gasteiger partial charge in [-0.3, -0.25) is 4.79 Å². The molecular formula is C14H13BrO2. The molecule has 2 aromatic rings. The molecule has 0 atom stereocenters. The van der Waals surface area contributed by atoms with Crippen LogP contribution in [0.2, 0.25) is 0 Å². The summed E-state index contributed by atoms with van der Waals surface area (Å²) >= 11 is 3.42. The predicted molar refractivity (Wildman–Crippen MR) is 70.4 cm³/mol. The van der Waals surface area contributed by atoms with E-state index >= 15 is 0 Å². The van der Waals surface area contributed by atoms with Crippen molar-refractivity contribution in [3.63, 3.8) is 0 Å². The first kappa shape index (κ1) is 12.1. The van der Waals surface area contributed by atoms with Crippen molar-refractivity contribution in [3.8, 4) is 0 Å². The molecular weight excluding hydrogens is 280 g/mol. The molecule has 0 saturated carbocycles. The summed E-state index contributed by atoms with van der Waals surface area (Å²) < 4.78 is 6.41. The average Bonchev–Trinajstić information content (AvgIpc) is 2.80. The van der Waals surface area contributed by atoms with E-state index < -0.39 is 0 Å². The first-order valence-corrected chi connectivity index (χ1v) is 6.31. The van der Waals surface area contributed by atoms with Gasteiger partial charge in [-0.2, -0.15) is 0 Å². The quantitative estimate of drug-likeness (QED) is 0.796. The first-order chi connectivity index (χ1) is 8.13. The second-order valence-electron chi connectivity index (χ2n) is 3.86. The molecule has 0 unspecified atom stereocenters. The van der Waals surface area contributed by atoms with Gasteiger partial charge in [0.15, 0.2) is 5.76 Å². The van der Waals surface area contributed by atoms with E-state index in [0.29, 0.717) is 11.3 Å². The summed E-state index contributed by atoms with van der Waals surface area (Å²) in [4.78, 5) is 12.2. The number of carbonyl (C=O) groups excluding carboxylic acids is 1. The summed E-state index contributed by atoms with van der Waals surface area (Å²) in [5.74, 6) is 1.17. The summed E-state index contributed by atoms with van der Waals surface area (Å²) in [7, 11) is 0. The van der Waals surface area contributed by atoms with Crippen molar-refractivity contribution >= 4 is 21.7 Å². The van der Waals surface area contributed by atoms with E-state index in [-0.39, 0.29) is 5.78 Å². The molecule has 0 N–H and O–H groups in total. The van der Waals surface area contributed by atoms with Crippen LogP contribution in [-0.2, 0) is 6.42 Å². The van der Waals surface area contributed by atoms with Crippen molar-refractivity contribution in [2.75, 3.05) is 0 Å². The van der Waals surface area contributed by atoms with Gasteiger partial charge in [0.25, 0.3) is 0 Å². The third kappa shape index (κ3) is 2.34. The van der Waals surface area contributed by atoms with E-state index in [0.717, 1.165) is 22.2 Å². The molecule has 1 aromatic carbocycles. The molecule has 0 radical (unpaired) electrons. The van der Waals surface area contributed by atoms with Gasteiger partial charge < -0.3 is 4.42 Å². The minimum Gasteiger partial charge on any atom is -0.458 e. The Bertz CT molecular complexity index is 555. The molecule has 0 aliphatic heterocycles. The Morgan fingerprint density at radius 1 is 1.29 bits per heavy atom. The molecule has 0 spiro atoms. The monoisotopic (exact) mass is 292 g/mol. The number of hydrogen-bond acceptors (Lipinski definition) is 2. The third-order valence-electron chi connectivity index (χ3n) is 2.75. The lowest BCUT2D eigenvalue weighted by molar-refractivity contribution is 0.101. The van der Waals surface area contributed by atoms with Gasteiger partial charge in [-0.15, -0.1) is 0 Å². The van der Waals surface area contributed by atoms with Crippen LogP contribution in [0, 0.1) is 6.92 Å². The molecule has 88 valence electrons. The zero-order valence-corrected chi connectivity index (χ0v) is 11.4. The Kier molecular flexibility index (Phi) is 3.48. The second kappa shape index (κ2) is 4.88. The standard InChI is InChI=1S/C14H13BrO2/c1-3-10-7-8-13(17-10)14(16)11-5-4-6-12(15)9(11)2/h4-8H,3H2,1-2H3. The second-order valence-corrected chi connectivity index (χ2v) is 4.72. The summed E-state index contributed by atoms with van der Waals surface area (Å²) in [6.07, 6.45) is 0.796. The number of ketones is 1. The Morgan fingerprint density at radius 3 is 2.71 bits per heavy atom. The van der Waals surface area contributed by atoms with Gasteiger partial charge in [0.1, 0.15) is 5.76 Å². The van der Waals surface area contributed by atoms with Crippen LogP contribution in [0.1, 0.15) is 34.4 Å². The molecule has 0 aliphatic rings. The molecule has 17 heavy (non-hydrogen) atoms. The highest BCUT2D eigenvalue weighted by atomic mass is 79.9. The summed E-state index contributed by atoms with van der Waals surface area (Å²) in [6.45, 7) is 3.92. The molecule has 1 aromatic heterocycles. The van der Waals surface area contributed by atoms with E-state index in [9.17, 15) is 4.79 Å². The number of rotatable bonds is 3. The summed E-state index contributed by atoms with van der Waals surface area (Å²) in [5, 5.41) is 0. The highest BCUT2D eigenvalue weighted by Crippen LogP contribution is 2.22. The van der Waals surface area contributed by atoms with Gasteiger partial charge >= 0.3 is 0 Å². The fraction of sp³-hybridized carbons (Fsp3) is 0.214. The van der Waals surface area contributed by atoms with Crippen LogP contribution >= 0.6 is 15.9 Å².